The van der Waals surface area contributed by atoms with Gasteiger partial charge in [-0.2, -0.15) is 13.5 Å². The number of fused-ring (bicyclic) bond motifs is 1. The van der Waals surface area contributed by atoms with Crippen LogP contribution in [-0.2, 0) is 10.1 Å². The second-order valence-electron chi connectivity index (χ2n) is 4.93. The van der Waals surface area contributed by atoms with E-state index in [4.69, 9.17) is 9.66 Å². The van der Waals surface area contributed by atoms with E-state index in [9.17, 15) is 23.4 Å². The minimum absolute atomic E-state index is 0.228. The molecule has 0 spiro atoms. The van der Waals surface area contributed by atoms with Gasteiger partial charge in [0.2, 0.25) is 5.88 Å². The van der Waals surface area contributed by atoms with Crippen molar-refractivity contribution in [3.8, 4) is 17.3 Å². The number of phenols is 1. The van der Waals surface area contributed by atoms with Gasteiger partial charge in [0.05, 0.1) is 10.6 Å². The van der Waals surface area contributed by atoms with E-state index in [1.54, 1.807) is 0 Å². The molecule has 124 valence electrons. The van der Waals surface area contributed by atoms with Crippen LogP contribution in [0.15, 0.2) is 41.3 Å². The van der Waals surface area contributed by atoms with Gasteiger partial charge in [-0.25, -0.2) is 9.48 Å². The van der Waals surface area contributed by atoms with Crippen LogP contribution in [0.25, 0.3) is 16.5 Å². The molecule has 1 heterocycles. The summed E-state index contributed by atoms with van der Waals surface area (Å²) < 4.78 is 32.4. The fraction of sp³-hybridized carbons (Fsp3) is 0. The molecular weight excluding hydrogens is 340 g/mol. The zero-order chi connectivity index (χ0) is 17.6. The Morgan fingerprint density at radius 1 is 1.08 bits per heavy atom. The summed E-state index contributed by atoms with van der Waals surface area (Å²) in [7, 11) is -4.47. The lowest BCUT2D eigenvalue weighted by Gasteiger charge is -2.08. The lowest BCUT2D eigenvalue weighted by molar-refractivity contribution is 0.0690. The lowest BCUT2D eigenvalue weighted by atomic mass is 10.1. The number of benzene rings is 2. The highest BCUT2D eigenvalue weighted by Crippen LogP contribution is 2.31. The molecule has 2 aromatic carbocycles. The topological polar surface area (TPSA) is 150 Å². The first kappa shape index (κ1) is 15.8. The molecule has 0 amide bonds. The van der Waals surface area contributed by atoms with E-state index in [2.05, 4.69) is 5.10 Å². The van der Waals surface area contributed by atoms with Crippen LogP contribution >= 0.6 is 0 Å². The Bertz CT molecular complexity index is 1090. The Balaban J connectivity index is 2.19. The van der Waals surface area contributed by atoms with Crippen LogP contribution in [0.2, 0.25) is 0 Å². The monoisotopic (exact) mass is 350 g/mol. The normalized spacial score (nSPS) is 11.7. The van der Waals surface area contributed by atoms with Gasteiger partial charge in [0, 0.05) is 17.5 Å². The van der Waals surface area contributed by atoms with E-state index >= 15 is 0 Å². The van der Waals surface area contributed by atoms with Crippen molar-refractivity contribution in [2.24, 2.45) is 0 Å². The molecule has 0 aliphatic heterocycles. The highest BCUT2D eigenvalue weighted by atomic mass is 32.2. The summed E-state index contributed by atoms with van der Waals surface area (Å²) in [5.74, 6) is -2.14. The summed E-state index contributed by atoms with van der Waals surface area (Å²) in [4.78, 5) is 10.4. The Hall–Kier alpha value is -3.11. The first-order chi connectivity index (χ1) is 11.2. The minimum Gasteiger partial charge on any atom is -0.507 e. The number of carboxylic acids is 1. The minimum atomic E-state index is -4.47. The zero-order valence-corrected chi connectivity index (χ0v) is 12.6. The third kappa shape index (κ3) is 2.64. The molecule has 0 aliphatic carbocycles. The highest BCUT2D eigenvalue weighted by Gasteiger charge is 2.16. The van der Waals surface area contributed by atoms with E-state index < -0.39 is 32.6 Å². The Labute approximate surface area is 134 Å². The molecule has 24 heavy (non-hydrogen) atoms. The molecular formula is C14H10N2O7S. The van der Waals surface area contributed by atoms with Crippen LogP contribution < -0.4 is 0 Å². The molecule has 0 aliphatic rings. The van der Waals surface area contributed by atoms with E-state index in [-0.39, 0.29) is 16.8 Å². The van der Waals surface area contributed by atoms with E-state index in [1.807, 2.05) is 0 Å². The van der Waals surface area contributed by atoms with Crippen molar-refractivity contribution in [3.05, 3.63) is 42.1 Å². The molecule has 1 aromatic heterocycles. The number of rotatable bonds is 3. The predicted octanol–water partition coefficient (Wildman–Crippen LogP) is 1.38. The third-order valence-electron chi connectivity index (χ3n) is 3.34. The van der Waals surface area contributed by atoms with Crippen LogP contribution in [-0.4, -0.2) is 44.0 Å². The first-order valence-electron chi connectivity index (χ1n) is 6.44. The molecule has 3 aromatic rings. The van der Waals surface area contributed by atoms with Gasteiger partial charge in [-0.05, 0) is 23.6 Å². The summed E-state index contributed by atoms with van der Waals surface area (Å²) in [6.07, 6.45) is 0. The van der Waals surface area contributed by atoms with Gasteiger partial charge in [-0.3, -0.25) is 4.55 Å². The van der Waals surface area contributed by atoms with E-state index in [0.29, 0.717) is 5.39 Å². The summed E-state index contributed by atoms with van der Waals surface area (Å²) in [5.41, 5.74) is -0.110. The fourth-order valence-corrected chi connectivity index (χ4v) is 2.78. The van der Waals surface area contributed by atoms with Gasteiger partial charge in [-0.1, -0.05) is 6.07 Å². The molecule has 9 nitrogen and oxygen atoms in total. The number of carboxylic acid groups (broad SMARTS) is 1. The number of phenolic OH excluding ortho intramolecular Hbond substituents is 1. The average Bonchev–Trinajstić information content (AvgIpc) is 2.88. The van der Waals surface area contributed by atoms with Gasteiger partial charge in [0.1, 0.15) is 5.75 Å². The maximum absolute atomic E-state index is 11.2. The maximum atomic E-state index is 11.2. The quantitative estimate of drug-likeness (QED) is 0.517. The molecule has 0 unspecified atom stereocenters. The van der Waals surface area contributed by atoms with Crippen molar-refractivity contribution < 1.29 is 33.1 Å². The standard InChI is InChI=1S/C14H10N2O7S/c17-12-5-9(24(21,22)23)3-7-1-2-8(4-10(7)12)16-13(18)6-11(15-16)14(19)20/h1-6,17-18H,(H,19,20)(H,21,22,23). The van der Waals surface area contributed by atoms with Crippen LogP contribution in [0.4, 0.5) is 0 Å². The number of carbonyl (C=O) groups is 1. The summed E-state index contributed by atoms with van der Waals surface area (Å²) >= 11 is 0. The second kappa shape index (κ2) is 5.22. The fourth-order valence-electron chi connectivity index (χ4n) is 2.25. The van der Waals surface area contributed by atoms with Gasteiger partial charge < -0.3 is 15.3 Å². The SMILES string of the molecule is O=C(O)c1cc(O)n(-c2ccc3cc(S(=O)(=O)O)cc(O)c3c2)n1. The molecule has 0 saturated carbocycles. The Morgan fingerprint density at radius 3 is 2.38 bits per heavy atom. The summed E-state index contributed by atoms with van der Waals surface area (Å²) in [6, 6.07) is 7.27. The number of hydrogen-bond donors (Lipinski definition) is 4. The highest BCUT2D eigenvalue weighted by molar-refractivity contribution is 7.85. The number of hydrogen-bond acceptors (Lipinski definition) is 6. The first-order valence-corrected chi connectivity index (χ1v) is 7.88. The van der Waals surface area contributed by atoms with Crippen molar-refractivity contribution in [3.63, 3.8) is 0 Å². The van der Waals surface area contributed by atoms with Gasteiger partial charge in [0.15, 0.2) is 5.69 Å². The molecule has 0 bridgehead atoms. The number of aromatic hydroxyl groups is 2. The summed E-state index contributed by atoms with van der Waals surface area (Å²) in [6.45, 7) is 0. The molecule has 0 radical (unpaired) electrons. The molecule has 4 N–H and O–H groups in total. The number of nitrogens with zero attached hydrogens (tertiary/aromatic N) is 2. The van der Waals surface area contributed by atoms with Crippen molar-refractivity contribution >= 4 is 26.9 Å². The summed E-state index contributed by atoms with van der Waals surface area (Å²) in [5, 5.41) is 32.9. The van der Waals surface area contributed by atoms with Crippen molar-refractivity contribution in [1.29, 1.82) is 0 Å². The zero-order valence-electron chi connectivity index (χ0n) is 11.8. The van der Waals surface area contributed by atoms with E-state index in [0.717, 1.165) is 16.8 Å². The number of aromatic carboxylic acids is 1. The Morgan fingerprint density at radius 2 is 1.79 bits per heavy atom. The van der Waals surface area contributed by atoms with Gasteiger partial charge in [-0.15, -0.1) is 0 Å². The number of aromatic nitrogens is 2. The van der Waals surface area contributed by atoms with Crippen molar-refractivity contribution in [1.82, 2.24) is 9.78 Å². The molecule has 10 heteroatoms. The Kier molecular flexibility index (Phi) is 3.43. The maximum Gasteiger partial charge on any atom is 0.356 e. The molecule has 0 saturated heterocycles. The molecule has 0 atom stereocenters. The molecule has 0 fully saturated rings. The lowest BCUT2D eigenvalue weighted by Crippen LogP contribution is -2.01. The smallest absolute Gasteiger partial charge is 0.356 e. The van der Waals surface area contributed by atoms with E-state index in [1.165, 1.54) is 24.3 Å². The van der Waals surface area contributed by atoms with Crippen LogP contribution in [0, 0.1) is 0 Å². The predicted molar refractivity (Wildman–Crippen MR) is 81.2 cm³/mol. The van der Waals surface area contributed by atoms with Crippen molar-refractivity contribution in [2.45, 2.75) is 4.90 Å². The van der Waals surface area contributed by atoms with Crippen LogP contribution in [0.3, 0.4) is 0 Å². The van der Waals surface area contributed by atoms with Crippen molar-refractivity contribution in [2.75, 3.05) is 0 Å². The molecule has 3 rings (SSSR count). The average molecular weight is 350 g/mol. The second-order valence-corrected chi connectivity index (χ2v) is 6.35. The van der Waals surface area contributed by atoms with Gasteiger partial charge in [0.25, 0.3) is 10.1 Å². The van der Waals surface area contributed by atoms with Gasteiger partial charge >= 0.3 is 5.97 Å². The van der Waals surface area contributed by atoms with Crippen LogP contribution in [0.1, 0.15) is 10.5 Å². The van der Waals surface area contributed by atoms with Crippen LogP contribution in [0.5, 0.6) is 11.6 Å². The third-order valence-corrected chi connectivity index (χ3v) is 4.17. The largest absolute Gasteiger partial charge is 0.507 e.